The van der Waals surface area contributed by atoms with E-state index in [4.69, 9.17) is 9.84 Å². The fourth-order valence-corrected chi connectivity index (χ4v) is 2.04. The molecular formula is C10H19NO4. The maximum absolute atomic E-state index is 10.6. The average molecular weight is 217 g/mol. The van der Waals surface area contributed by atoms with Gasteiger partial charge in [0.25, 0.3) is 0 Å². The molecule has 1 saturated heterocycles. The molecule has 0 spiro atoms. The first-order chi connectivity index (χ1) is 7.06. The van der Waals surface area contributed by atoms with Gasteiger partial charge < -0.3 is 14.9 Å². The number of carbonyl (C=O) groups is 1. The zero-order valence-corrected chi connectivity index (χ0v) is 9.11. The van der Waals surface area contributed by atoms with Crippen LogP contribution >= 0.6 is 0 Å². The first kappa shape index (κ1) is 12.4. The van der Waals surface area contributed by atoms with Crippen molar-refractivity contribution in [1.82, 2.24) is 4.90 Å². The van der Waals surface area contributed by atoms with Gasteiger partial charge in [0.1, 0.15) is 0 Å². The van der Waals surface area contributed by atoms with Gasteiger partial charge in [0, 0.05) is 20.2 Å². The number of aliphatic hydroxyl groups is 1. The summed E-state index contributed by atoms with van der Waals surface area (Å²) in [5, 5.41) is 18.7. The third-order valence-electron chi connectivity index (χ3n) is 2.73. The van der Waals surface area contributed by atoms with E-state index in [1.165, 1.54) is 0 Å². The molecule has 1 atom stereocenters. The van der Waals surface area contributed by atoms with Gasteiger partial charge in [0.15, 0.2) is 0 Å². The van der Waals surface area contributed by atoms with Crippen LogP contribution in [0.2, 0.25) is 0 Å². The quantitative estimate of drug-likeness (QED) is 0.675. The van der Waals surface area contributed by atoms with E-state index in [9.17, 15) is 9.90 Å². The number of piperidine rings is 1. The fourth-order valence-electron chi connectivity index (χ4n) is 2.04. The van der Waals surface area contributed by atoms with Crippen LogP contribution in [0.25, 0.3) is 0 Å². The number of ether oxygens (including phenoxy) is 1. The third-order valence-corrected chi connectivity index (χ3v) is 2.73. The monoisotopic (exact) mass is 217 g/mol. The largest absolute Gasteiger partial charge is 0.481 e. The minimum Gasteiger partial charge on any atom is -0.481 e. The highest BCUT2D eigenvalue weighted by Gasteiger charge is 2.34. The number of aliphatic carboxylic acids is 1. The predicted octanol–water partition coefficient (Wildman–Crippen LogP) is -0.0656. The number of β-amino-alcohol motifs (C(OH)–C–C–N with tert-alkyl or cyclic N) is 1. The molecule has 1 aliphatic rings. The molecule has 0 aromatic carbocycles. The van der Waals surface area contributed by atoms with Crippen molar-refractivity contribution in [3.8, 4) is 0 Å². The van der Waals surface area contributed by atoms with E-state index in [2.05, 4.69) is 4.90 Å². The van der Waals surface area contributed by atoms with Gasteiger partial charge in [-0.2, -0.15) is 0 Å². The average Bonchev–Trinajstić information content (AvgIpc) is 2.12. The number of carboxylic acid groups (broad SMARTS) is 1. The Kier molecular flexibility index (Phi) is 4.50. The Balaban J connectivity index is 2.43. The van der Waals surface area contributed by atoms with E-state index in [1.54, 1.807) is 7.11 Å². The zero-order valence-electron chi connectivity index (χ0n) is 9.11. The van der Waals surface area contributed by atoms with Gasteiger partial charge in [-0.15, -0.1) is 0 Å². The van der Waals surface area contributed by atoms with Crippen LogP contribution in [0, 0.1) is 0 Å². The first-order valence-corrected chi connectivity index (χ1v) is 5.21. The van der Waals surface area contributed by atoms with Gasteiger partial charge in [-0.25, -0.2) is 0 Å². The smallest absolute Gasteiger partial charge is 0.306 e. The lowest BCUT2D eigenvalue weighted by Gasteiger charge is -2.38. The van der Waals surface area contributed by atoms with Gasteiger partial charge in [0.2, 0.25) is 0 Å². The summed E-state index contributed by atoms with van der Waals surface area (Å²) < 4.78 is 4.95. The van der Waals surface area contributed by atoms with Crippen molar-refractivity contribution in [3.63, 3.8) is 0 Å². The summed E-state index contributed by atoms with van der Waals surface area (Å²) in [6, 6.07) is 0. The van der Waals surface area contributed by atoms with Crippen molar-refractivity contribution in [1.29, 1.82) is 0 Å². The fraction of sp³-hybridized carbons (Fsp3) is 0.900. The molecular weight excluding hydrogens is 198 g/mol. The zero-order chi connectivity index (χ0) is 11.3. The molecule has 5 nitrogen and oxygen atoms in total. The van der Waals surface area contributed by atoms with Crippen molar-refractivity contribution in [2.45, 2.75) is 24.9 Å². The van der Waals surface area contributed by atoms with Crippen molar-refractivity contribution in [3.05, 3.63) is 0 Å². The Morgan fingerprint density at radius 1 is 1.60 bits per heavy atom. The van der Waals surface area contributed by atoms with E-state index >= 15 is 0 Å². The van der Waals surface area contributed by atoms with Gasteiger partial charge in [-0.3, -0.25) is 9.69 Å². The highest BCUT2D eigenvalue weighted by atomic mass is 16.5. The van der Waals surface area contributed by atoms with Crippen LogP contribution < -0.4 is 0 Å². The Morgan fingerprint density at radius 3 is 2.93 bits per heavy atom. The molecule has 2 N–H and O–H groups in total. The second kappa shape index (κ2) is 5.44. The lowest BCUT2D eigenvalue weighted by molar-refractivity contribution is -0.145. The van der Waals surface area contributed by atoms with Crippen molar-refractivity contribution in [2.75, 3.05) is 33.4 Å². The highest BCUT2D eigenvalue weighted by Crippen LogP contribution is 2.24. The van der Waals surface area contributed by atoms with E-state index in [0.29, 0.717) is 19.6 Å². The minimum atomic E-state index is -1.06. The molecule has 1 rings (SSSR count). The van der Waals surface area contributed by atoms with Gasteiger partial charge >= 0.3 is 5.97 Å². The Labute approximate surface area is 89.6 Å². The summed E-state index contributed by atoms with van der Waals surface area (Å²) in [6.45, 7) is 2.70. The maximum atomic E-state index is 10.6. The molecule has 0 saturated carbocycles. The molecule has 88 valence electrons. The molecule has 0 amide bonds. The number of methoxy groups -OCH3 is 1. The number of nitrogens with zero attached hydrogens (tertiary/aromatic N) is 1. The van der Waals surface area contributed by atoms with E-state index < -0.39 is 11.6 Å². The predicted molar refractivity (Wildman–Crippen MR) is 54.8 cm³/mol. The van der Waals surface area contributed by atoms with E-state index in [0.717, 1.165) is 19.5 Å². The first-order valence-electron chi connectivity index (χ1n) is 5.21. The van der Waals surface area contributed by atoms with Crippen LogP contribution in [0.4, 0.5) is 0 Å². The molecule has 0 aromatic rings. The SMILES string of the molecule is COCCN1CCCC(O)(CC(=O)O)C1. The van der Waals surface area contributed by atoms with Crippen LogP contribution in [0.3, 0.4) is 0 Å². The highest BCUT2D eigenvalue weighted by molar-refractivity contribution is 5.68. The summed E-state index contributed by atoms with van der Waals surface area (Å²) in [5.74, 6) is -0.939. The van der Waals surface area contributed by atoms with Crippen LogP contribution in [-0.2, 0) is 9.53 Å². The number of likely N-dealkylation sites (tertiary alicyclic amines) is 1. The van der Waals surface area contributed by atoms with Gasteiger partial charge in [-0.1, -0.05) is 0 Å². The molecule has 5 heteroatoms. The molecule has 1 fully saturated rings. The number of hydrogen-bond acceptors (Lipinski definition) is 4. The molecule has 15 heavy (non-hydrogen) atoms. The summed E-state index contributed by atoms with van der Waals surface area (Å²) >= 11 is 0. The van der Waals surface area contributed by atoms with Crippen LogP contribution in [0.1, 0.15) is 19.3 Å². The van der Waals surface area contributed by atoms with Crippen LogP contribution in [0.15, 0.2) is 0 Å². The van der Waals surface area contributed by atoms with Crippen molar-refractivity contribution in [2.24, 2.45) is 0 Å². The van der Waals surface area contributed by atoms with Gasteiger partial charge in [-0.05, 0) is 19.4 Å². The molecule has 1 unspecified atom stereocenters. The summed E-state index contributed by atoms with van der Waals surface area (Å²) in [7, 11) is 1.63. The lowest BCUT2D eigenvalue weighted by Crippen LogP contribution is -2.49. The number of rotatable bonds is 5. The van der Waals surface area contributed by atoms with Crippen molar-refractivity contribution < 1.29 is 19.7 Å². The molecule has 0 aliphatic carbocycles. The van der Waals surface area contributed by atoms with E-state index in [-0.39, 0.29) is 6.42 Å². The Morgan fingerprint density at radius 2 is 2.33 bits per heavy atom. The minimum absolute atomic E-state index is 0.170. The van der Waals surface area contributed by atoms with Crippen LogP contribution in [-0.4, -0.2) is 60.0 Å². The van der Waals surface area contributed by atoms with Gasteiger partial charge in [0.05, 0.1) is 18.6 Å². The Bertz CT molecular complexity index is 221. The number of carboxylic acids is 1. The summed E-state index contributed by atoms with van der Waals surface area (Å²) in [5.41, 5.74) is -1.06. The Hall–Kier alpha value is -0.650. The van der Waals surface area contributed by atoms with E-state index in [1.807, 2.05) is 0 Å². The third kappa shape index (κ3) is 4.15. The topological polar surface area (TPSA) is 70.0 Å². The number of hydrogen-bond donors (Lipinski definition) is 2. The maximum Gasteiger partial charge on any atom is 0.306 e. The second-order valence-corrected chi connectivity index (χ2v) is 4.17. The molecule has 0 radical (unpaired) electrons. The second-order valence-electron chi connectivity index (χ2n) is 4.17. The van der Waals surface area contributed by atoms with Crippen molar-refractivity contribution >= 4 is 5.97 Å². The van der Waals surface area contributed by atoms with Crippen LogP contribution in [0.5, 0.6) is 0 Å². The summed E-state index contributed by atoms with van der Waals surface area (Å²) in [4.78, 5) is 12.6. The lowest BCUT2D eigenvalue weighted by atomic mass is 9.90. The molecule has 0 bridgehead atoms. The normalized spacial score (nSPS) is 27.9. The standard InChI is InChI=1S/C10H19NO4/c1-15-6-5-11-4-2-3-10(14,8-11)7-9(12)13/h14H,2-8H2,1H3,(H,12,13). The molecule has 1 aliphatic heterocycles. The molecule has 0 aromatic heterocycles. The summed E-state index contributed by atoms with van der Waals surface area (Å²) in [6.07, 6.45) is 1.24. The molecule has 1 heterocycles.